The van der Waals surface area contributed by atoms with Gasteiger partial charge in [0.15, 0.2) is 0 Å². The quantitative estimate of drug-likeness (QED) is 0.882. The summed E-state index contributed by atoms with van der Waals surface area (Å²) in [6.45, 7) is 1.78. The summed E-state index contributed by atoms with van der Waals surface area (Å²) in [5.41, 5.74) is 5.70. The SMILES string of the molecule is CCC(N)C(=O)Nc1c(Cl)cc(F)cc1Cl. The monoisotopic (exact) mass is 264 g/mol. The minimum atomic E-state index is -0.641. The molecule has 0 radical (unpaired) electrons. The van der Waals surface area contributed by atoms with E-state index >= 15 is 0 Å². The molecule has 6 heteroatoms. The van der Waals surface area contributed by atoms with Crippen molar-refractivity contribution in [2.45, 2.75) is 19.4 Å². The Labute approximate surface area is 103 Å². The van der Waals surface area contributed by atoms with E-state index in [9.17, 15) is 9.18 Å². The number of benzene rings is 1. The van der Waals surface area contributed by atoms with Crippen molar-refractivity contribution in [3.63, 3.8) is 0 Å². The van der Waals surface area contributed by atoms with Gasteiger partial charge in [0.25, 0.3) is 0 Å². The Morgan fingerprint density at radius 3 is 2.44 bits per heavy atom. The summed E-state index contributed by atoms with van der Waals surface area (Å²) >= 11 is 11.5. The van der Waals surface area contributed by atoms with E-state index in [4.69, 9.17) is 28.9 Å². The second-order valence-corrected chi connectivity index (χ2v) is 4.06. The second-order valence-electron chi connectivity index (χ2n) is 3.25. The van der Waals surface area contributed by atoms with Gasteiger partial charge in [-0.1, -0.05) is 30.1 Å². The molecule has 88 valence electrons. The van der Waals surface area contributed by atoms with Gasteiger partial charge in [-0.25, -0.2) is 4.39 Å². The van der Waals surface area contributed by atoms with E-state index in [1.165, 1.54) is 0 Å². The van der Waals surface area contributed by atoms with E-state index in [-0.39, 0.29) is 15.7 Å². The number of hydrogen-bond acceptors (Lipinski definition) is 2. The van der Waals surface area contributed by atoms with E-state index in [0.29, 0.717) is 6.42 Å². The Hall–Kier alpha value is -0.840. The van der Waals surface area contributed by atoms with Crippen molar-refractivity contribution in [3.8, 4) is 0 Å². The molecule has 0 aliphatic rings. The molecule has 0 aliphatic carbocycles. The van der Waals surface area contributed by atoms with Crippen molar-refractivity contribution in [2.75, 3.05) is 5.32 Å². The number of carbonyl (C=O) groups is 1. The predicted octanol–water partition coefficient (Wildman–Crippen LogP) is 2.81. The largest absolute Gasteiger partial charge is 0.322 e. The van der Waals surface area contributed by atoms with E-state index < -0.39 is 17.8 Å². The predicted molar refractivity (Wildman–Crippen MR) is 63.3 cm³/mol. The summed E-state index contributed by atoms with van der Waals surface area (Å²) in [4.78, 5) is 11.5. The lowest BCUT2D eigenvalue weighted by atomic mass is 10.2. The molecular weight excluding hydrogens is 254 g/mol. The summed E-state index contributed by atoms with van der Waals surface area (Å²) in [6, 6.07) is 1.50. The first kappa shape index (κ1) is 13.2. The Morgan fingerprint density at radius 1 is 1.50 bits per heavy atom. The third-order valence-electron chi connectivity index (χ3n) is 2.03. The Balaban J connectivity index is 2.93. The van der Waals surface area contributed by atoms with Crippen LogP contribution < -0.4 is 11.1 Å². The molecule has 1 atom stereocenters. The van der Waals surface area contributed by atoms with Crippen molar-refractivity contribution in [2.24, 2.45) is 5.73 Å². The second kappa shape index (κ2) is 5.48. The maximum atomic E-state index is 12.9. The zero-order valence-corrected chi connectivity index (χ0v) is 10.1. The van der Waals surface area contributed by atoms with Gasteiger partial charge in [0.05, 0.1) is 21.8 Å². The summed E-state index contributed by atoms with van der Waals surface area (Å²) < 4.78 is 12.9. The fourth-order valence-corrected chi connectivity index (χ4v) is 1.62. The molecule has 1 unspecified atom stereocenters. The van der Waals surface area contributed by atoms with Crippen LogP contribution in [-0.2, 0) is 4.79 Å². The van der Waals surface area contributed by atoms with Crippen LogP contribution in [0.15, 0.2) is 12.1 Å². The fraction of sp³-hybridized carbons (Fsp3) is 0.300. The topological polar surface area (TPSA) is 55.1 Å². The van der Waals surface area contributed by atoms with Gasteiger partial charge in [0.1, 0.15) is 5.82 Å². The first-order valence-electron chi connectivity index (χ1n) is 4.66. The minimum Gasteiger partial charge on any atom is -0.322 e. The molecule has 0 heterocycles. The first-order chi connectivity index (χ1) is 7.45. The van der Waals surface area contributed by atoms with Gasteiger partial charge in [-0.05, 0) is 18.6 Å². The number of halogens is 3. The zero-order valence-electron chi connectivity index (χ0n) is 8.56. The molecule has 0 aromatic heterocycles. The van der Waals surface area contributed by atoms with Crippen molar-refractivity contribution >= 4 is 34.8 Å². The lowest BCUT2D eigenvalue weighted by molar-refractivity contribution is -0.117. The van der Waals surface area contributed by atoms with Gasteiger partial charge in [0, 0.05) is 0 Å². The van der Waals surface area contributed by atoms with Gasteiger partial charge in [-0.2, -0.15) is 0 Å². The van der Waals surface area contributed by atoms with Gasteiger partial charge in [-0.15, -0.1) is 0 Å². The average molecular weight is 265 g/mol. The van der Waals surface area contributed by atoms with Crippen molar-refractivity contribution in [1.82, 2.24) is 0 Å². The molecule has 3 nitrogen and oxygen atoms in total. The molecule has 0 aliphatic heterocycles. The number of hydrogen-bond donors (Lipinski definition) is 2. The zero-order chi connectivity index (χ0) is 12.3. The van der Waals surface area contributed by atoms with Crippen LogP contribution in [0.3, 0.4) is 0 Å². The maximum Gasteiger partial charge on any atom is 0.241 e. The molecule has 0 fully saturated rings. The van der Waals surface area contributed by atoms with Gasteiger partial charge in [0.2, 0.25) is 5.91 Å². The van der Waals surface area contributed by atoms with E-state index in [2.05, 4.69) is 5.32 Å². The number of nitrogens with two attached hydrogens (primary N) is 1. The van der Waals surface area contributed by atoms with Crippen LogP contribution in [0.4, 0.5) is 10.1 Å². The smallest absolute Gasteiger partial charge is 0.241 e. The Kier molecular flexibility index (Phi) is 4.53. The number of rotatable bonds is 3. The molecule has 0 saturated carbocycles. The molecule has 1 aromatic carbocycles. The van der Waals surface area contributed by atoms with Gasteiger partial charge in [-0.3, -0.25) is 4.79 Å². The normalized spacial score (nSPS) is 12.3. The van der Waals surface area contributed by atoms with Crippen LogP contribution in [0, 0.1) is 5.82 Å². The standard InChI is InChI=1S/C10H11Cl2FN2O/c1-2-8(14)10(16)15-9-6(11)3-5(13)4-7(9)12/h3-4,8H,2,14H2,1H3,(H,15,16). The highest BCUT2D eigenvalue weighted by Crippen LogP contribution is 2.31. The lowest BCUT2D eigenvalue weighted by Gasteiger charge is -2.12. The molecular formula is C10H11Cl2FN2O. The third kappa shape index (κ3) is 3.07. The fourth-order valence-electron chi connectivity index (χ4n) is 1.06. The van der Waals surface area contributed by atoms with E-state index in [1.54, 1.807) is 6.92 Å². The van der Waals surface area contributed by atoms with Crippen LogP contribution in [0.2, 0.25) is 10.0 Å². The average Bonchev–Trinajstić information content (AvgIpc) is 2.21. The minimum absolute atomic E-state index is 0.0432. The molecule has 0 saturated heterocycles. The Morgan fingerprint density at radius 2 is 2.00 bits per heavy atom. The van der Waals surface area contributed by atoms with Crippen molar-refractivity contribution < 1.29 is 9.18 Å². The summed E-state index contributed by atoms with van der Waals surface area (Å²) in [7, 11) is 0. The maximum absolute atomic E-state index is 12.9. The number of anilines is 1. The highest BCUT2D eigenvalue weighted by molar-refractivity contribution is 6.39. The highest BCUT2D eigenvalue weighted by Gasteiger charge is 2.15. The van der Waals surface area contributed by atoms with E-state index in [0.717, 1.165) is 12.1 Å². The number of nitrogens with one attached hydrogen (secondary N) is 1. The molecule has 16 heavy (non-hydrogen) atoms. The molecule has 3 N–H and O–H groups in total. The van der Waals surface area contributed by atoms with Crippen LogP contribution in [0.25, 0.3) is 0 Å². The number of amides is 1. The lowest BCUT2D eigenvalue weighted by Crippen LogP contribution is -2.35. The summed E-state index contributed by atoms with van der Waals surface area (Å²) in [5.74, 6) is -0.967. The Bertz CT molecular complexity index is 389. The third-order valence-corrected chi connectivity index (χ3v) is 2.63. The summed E-state index contributed by atoms with van der Waals surface area (Å²) in [5, 5.41) is 2.55. The van der Waals surface area contributed by atoms with Crippen molar-refractivity contribution in [3.05, 3.63) is 28.0 Å². The van der Waals surface area contributed by atoms with Gasteiger partial charge < -0.3 is 11.1 Å². The molecule has 0 spiro atoms. The van der Waals surface area contributed by atoms with Crippen molar-refractivity contribution in [1.29, 1.82) is 0 Å². The van der Waals surface area contributed by atoms with Crippen LogP contribution >= 0.6 is 23.2 Å². The van der Waals surface area contributed by atoms with Crippen LogP contribution in [0.5, 0.6) is 0 Å². The molecule has 1 amide bonds. The van der Waals surface area contributed by atoms with E-state index in [1.807, 2.05) is 0 Å². The number of carbonyl (C=O) groups excluding carboxylic acids is 1. The summed E-state index contributed by atoms with van der Waals surface area (Å²) in [6.07, 6.45) is 0.488. The van der Waals surface area contributed by atoms with Crippen LogP contribution in [-0.4, -0.2) is 11.9 Å². The first-order valence-corrected chi connectivity index (χ1v) is 5.42. The molecule has 1 aromatic rings. The van der Waals surface area contributed by atoms with Crippen LogP contribution in [0.1, 0.15) is 13.3 Å². The van der Waals surface area contributed by atoms with Gasteiger partial charge >= 0.3 is 0 Å². The molecule has 0 bridgehead atoms. The highest BCUT2D eigenvalue weighted by atomic mass is 35.5. The molecule has 1 rings (SSSR count).